The van der Waals surface area contributed by atoms with E-state index in [-0.39, 0.29) is 0 Å². The maximum atomic E-state index is 2.44. The van der Waals surface area contributed by atoms with E-state index in [0.29, 0.717) is 0 Å². The first-order valence-electron chi connectivity index (χ1n) is 18.3. The van der Waals surface area contributed by atoms with Gasteiger partial charge in [0.25, 0.3) is 0 Å². The van der Waals surface area contributed by atoms with Gasteiger partial charge in [-0.1, -0.05) is 149 Å². The highest BCUT2D eigenvalue weighted by molar-refractivity contribution is 6.34. The molecule has 8 aromatic rings. The number of hydrogen-bond donors (Lipinski definition) is 0. The number of rotatable bonds is 4. The fraction of sp³-hybridized carbons (Fsp3) is 0.176. The molecule has 0 spiro atoms. The molecule has 51 heavy (non-hydrogen) atoms. The first-order chi connectivity index (χ1) is 24.5. The molecule has 0 amide bonds. The summed E-state index contributed by atoms with van der Waals surface area (Å²) in [5, 5.41) is 7.84. The molecule has 0 fully saturated rings. The fourth-order valence-corrected chi connectivity index (χ4v) is 8.70. The third kappa shape index (κ3) is 5.46. The highest BCUT2D eigenvalue weighted by atomic mass is 14.3. The van der Waals surface area contributed by atoms with E-state index < -0.39 is 0 Å². The molecule has 0 aliphatic rings. The van der Waals surface area contributed by atoms with Gasteiger partial charge in [-0.3, -0.25) is 0 Å². The largest absolute Gasteiger partial charge is 0.0587 e. The molecule has 0 heteroatoms. The van der Waals surface area contributed by atoms with Crippen LogP contribution < -0.4 is 0 Å². The SMILES string of the molecule is Cc1ccc(-c2c3ccc(C)cc3c(-c3ccc(C)cc3C)c3c(-c4c(C)cc(C)cc4C)c4ccc(C)cc4c(-c4ccc(C)cc4)c23)cc1. The smallest absolute Gasteiger partial charge is 0.000109 e. The lowest BCUT2D eigenvalue weighted by Crippen LogP contribution is -2.01. The molecule has 0 bridgehead atoms. The van der Waals surface area contributed by atoms with Crippen molar-refractivity contribution in [2.45, 2.75) is 62.3 Å². The second kappa shape index (κ2) is 12.4. The lowest BCUT2D eigenvalue weighted by Gasteiger charge is -2.27. The lowest BCUT2D eigenvalue weighted by molar-refractivity contribution is 1.33. The predicted molar refractivity (Wildman–Crippen MR) is 223 cm³/mol. The van der Waals surface area contributed by atoms with Crippen molar-refractivity contribution in [3.8, 4) is 44.5 Å². The Morgan fingerprint density at radius 1 is 0.255 bits per heavy atom. The van der Waals surface area contributed by atoms with E-state index in [1.54, 1.807) is 0 Å². The third-order valence-electron chi connectivity index (χ3n) is 10.9. The Labute approximate surface area is 303 Å². The van der Waals surface area contributed by atoms with Crippen molar-refractivity contribution in [3.05, 3.63) is 165 Å². The standard InChI is InChI=1S/C51H46/c1-29-10-17-38(18-11-29)46-41-22-15-33(5)28-44(41)48(40-21-14-31(3)24-35(40)7)51-49(45-36(8)25-34(6)26-37(45)9)42-23-16-32(4)27-43(42)47(50(46)51)39-19-12-30(2)13-20-39/h10-28H,1-9H3. The van der Waals surface area contributed by atoms with Crippen LogP contribution in [0.25, 0.3) is 76.8 Å². The van der Waals surface area contributed by atoms with Crippen molar-refractivity contribution in [2.75, 3.05) is 0 Å². The number of hydrogen-bond acceptors (Lipinski definition) is 0. The minimum absolute atomic E-state index is 1.25. The van der Waals surface area contributed by atoms with Crippen LogP contribution in [0.4, 0.5) is 0 Å². The molecule has 0 radical (unpaired) electrons. The molecule has 8 rings (SSSR count). The fourth-order valence-electron chi connectivity index (χ4n) is 8.70. The van der Waals surface area contributed by atoms with Crippen LogP contribution >= 0.6 is 0 Å². The van der Waals surface area contributed by atoms with Crippen LogP contribution in [-0.2, 0) is 0 Å². The van der Waals surface area contributed by atoms with Crippen molar-refractivity contribution < 1.29 is 0 Å². The highest BCUT2D eigenvalue weighted by Gasteiger charge is 2.27. The Morgan fingerprint density at radius 3 is 1.18 bits per heavy atom. The van der Waals surface area contributed by atoms with E-state index >= 15 is 0 Å². The van der Waals surface area contributed by atoms with Crippen LogP contribution in [0.3, 0.4) is 0 Å². The summed E-state index contributed by atoms with van der Waals surface area (Å²) in [5.41, 5.74) is 21.9. The average molecular weight is 659 g/mol. The third-order valence-corrected chi connectivity index (χ3v) is 10.9. The van der Waals surface area contributed by atoms with Crippen LogP contribution in [0.2, 0.25) is 0 Å². The molecule has 0 aliphatic heterocycles. The van der Waals surface area contributed by atoms with Crippen molar-refractivity contribution in [1.82, 2.24) is 0 Å². The zero-order valence-electron chi connectivity index (χ0n) is 31.5. The summed E-state index contributed by atoms with van der Waals surface area (Å²) in [6, 6.07) is 44.4. The minimum Gasteiger partial charge on any atom is -0.0587 e. The molecule has 0 unspecified atom stereocenters. The zero-order chi connectivity index (χ0) is 35.7. The van der Waals surface area contributed by atoms with Gasteiger partial charge in [-0.15, -0.1) is 0 Å². The summed E-state index contributed by atoms with van der Waals surface area (Å²) in [4.78, 5) is 0. The average Bonchev–Trinajstić information content (AvgIpc) is 3.08. The van der Waals surface area contributed by atoms with Gasteiger partial charge in [-0.05, 0) is 156 Å². The van der Waals surface area contributed by atoms with Crippen LogP contribution in [0.1, 0.15) is 50.1 Å². The molecular weight excluding hydrogens is 613 g/mol. The zero-order valence-corrected chi connectivity index (χ0v) is 31.5. The molecule has 0 nitrogen and oxygen atoms in total. The molecule has 0 heterocycles. The van der Waals surface area contributed by atoms with Crippen LogP contribution in [0, 0.1) is 62.3 Å². The van der Waals surface area contributed by atoms with Crippen LogP contribution in [0.15, 0.2) is 115 Å². The molecule has 8 aromatic carbocycles. The molecule has 0 atom stereocenters. The van der Waals surface area contributed by atoms with Gasteiger partial charge in [0.1, 0.15) is 0 Å². The molecule has 0 aliphatic carbocycles. The first kappa shape index (κ1) is 32.7. The first-order valence-corrected chi connectivity index (χ1v) is 18.3. The number of aryl methyl sites for hydroxylation is 9. The maximum absolute atomic E-state index is 2.44. The van der Waals surface area contributed by atoms with Gasteiger partial charge in [-0.2, -0.15) is 0 Å². The van der Waals surface area contributed by atoms with Gasteiger partial charge < -0.3 is 0 Å². The Bertz CT molecular complexity index is 2660. The number of fused-ring (bicyclic) bond motifs is 3. The summed E-state index contributed by atoms with van der Waals surface area (Å²) in [7, 11) is 0. The quantitative estimate of drug-likeness (QED) is 0.165. The van der Waals surface area contributed by atoms with Gasteiger partial charge in [0.2, 0.25) is 0 Å². The molecule has 250 valence electrons. The van der Waals surface area contributed by atoms with Gasteiger partial charge in [0.15, 0.2) is 0 Å². The van der Waals surface area contributed by atoms with Gasteiger partial charge in [0, 0.05) is 0 Å². The van der Waals surface area contributed by atoms with Crippen LogP contribution in [-0.4, -0.2) is 0 Å². The van der Waals surface area contributed by atoms with Crippen molar-refractivity contribution in [1.29, 1.82) is 0 Å². The Balaban J connectivity index is 1.80. The second-order valence-corrected chi connectivity index (χ2v) is 15.2. The normalized spacial score (nSPS) is 11.6. The molecule has 0 aromatic heterocycles. The molecule has 0 saturated heterocycles. The van der Waals surface area contributed by atoms with Gasteiger partial charge in [0.05, 0.1) is 0 Å². The monoisotopic (exact) mass is 658 g/mol. The Kier molecular flexibility index (Phi) is 7.95. The van der Waals surface area contributed by atoms with Crippen molar-refractivity contribution in [2.24, 2.45) is 0 Å². The Hall–Kier alpha value is -5.46. The van der Waals surface area contributed by atoms with E-state index in [1.165, 1.54) is 127 Å². The van der Waals surface area contributed by atoms with Crippen molar-refractivity contribution >= 4 is 32.3 Å². The summed E-state index contributed by atoms with van der Waals surface area (Å²) in [5.74, 6) is 0. The van der Waals surface area contributed by atoms with E-state index in [4.69, 9.17) is 0 Å². The summed E-state index contributed by atoms with van der Waals surface area (Å²) < 4.78 is 0. The summed E-state index contributed by atoms with van der Waals surface area (Å²) >= 11 is 0. The lowest BCUT2D eigenvalue weighted by atomic mass is 9.75. The maximum Gasteiger partial charge on any atom is -0.000109 e. The number of benzene rings is 8. The molecule has 0 N–H and O–H groups in total. The second-order valence-electron chi connectivity index (χ2n) is 15.2. The summed E-state index contributed by atoms with van der Waals surface area (Å²) in [6.45, 7) is 20.1. The van der Waals surface area contributed by atoms with Crippen molar-refractivity contribution in [3.63, 3.8) is 0 Å². The van der Waals surface area contributed by atoms with Gasteiger partial charge >= 0.3 is 0 Å². The Morgan fingerprint density at radius 2 is 0.647 bits per heavy atom. The predicted octanol–water partition coefficient (Wildman–Crippen LogP) is 14.6. The highest BCUT2D eigenvalue weighted by Crippen LogP contribution is 2.55. The topological polar surface area (TPSA) is 0 Å². The van der Waals surface area contributed by atoms with E-state index in [9.17, 15) is 0 Å². The van der Waals surface area contributed by atoms with E-state index in [1.807, 2.05) is 0 Å². The summed E-state index contributed by atoms with van der Waals surface area (Å²) in [6.07, 6.45) is 0. The van der Waals surface area contributed by atoms with E-state index in [0.717, 1.165) is 0 Å². The van der Waals surface area contributed by atoms with Crippen LogP contribution in [0.5, 0.6) is 0 Å². The molecular formula is C51H46. The minimum atomic E-state index is 1.25. The van der Waals surface area contributed by atoms with E-state index in [2.05, 4.69) is 178 Å². The molecule has 0 saturated carbocycles. The van der Waals surface area contributed by atoms with Gasteiger partial charge in [-0.25, -0.2) is 0 Å².